The van der Waals surface area contributed by atoms with Gasteiger partial charge in [0.1, 0.15) is 0 Å². The van der Waals surface area contributed by atoms with E-state index in [9.17, 15) is 4.79 Å². The lowest BCUT2D eigenvalue weighted by Crippen LogP contribution is -2.49. The Morgan fingerprint density at radius 1 is 1.20 bits per heavy atom. The molecule has 1 aliphatic carbocycles. The quantitative estimate of drug-likeness (QED) is 0.797. The number of likely N-dealkylation sites (tertiary alicyclic amines) is 1. The van der Waals surface area contributed by atoms with E-state index in [1.807, 2.05) is 25.1 Å². The number of carbonyl (C=O) groups is 1. The first-order chi connectivity index (χ1) is 9.66. The third kappa shape index (κ3) is 2.41. The number of nitrogens with zero attached hydrogens (tertiary/aromatic N) is 1. The summed E-state index contributed by atoms with van der Waals surface area (Å²) in [5.41, 5.74) is 8.46. The first-order valence-electron chi connectivity index (χ1n) is 7.84. The number of fused-ring (bicyclic) bond motifs is 1. The second-order valence-corrected chi connectivity index (χ2v) is 6.34. The van der Waals surface area contributed by atoms with Crippen LogP contribution in [0.2, 0.25) is 0 Å². The maximum atomic E-state index is 12.8. The van der Waals surface area contributed by atoms with E-state index in [1.165, 1.54) is 32.1 Å². The van der Waals surface area contributed by atoms with E-state index in [1.54, 1.807) is 0 Å². The summed E-state index contributed by atoms with van der Waals surface area (Å²) >= 11 is 0. The number of piperidine rings is 1. The minimum atomic E-state index is 0.138. The molecule has 1 heterocycles. The van der Waals surface area contributed by atoms with Crippen LogP contribution in [0, 0.1) is 12.8 Å². The highest BCUT2D eigenvalue weighted by molar-refractivity contribution is 5.99. The van der Waals surface area contributed by atoms with Crippen molar-refractivity contribution in [2.45, 2.75) is 51.5 Å². The van der Waals surface area contributed by atoms with Gasteiger partial charge in [-0.15, -0.1) is 0 Å². The molecule has 2 atom stereocenters. The molecule has 2 aliphatic rings. The second kappa shape index (κ2) is 5.47. The smallest absolute Gasteiger partial charge is 0.256 e. The van der Waals surface area contributed by atoms with Crippen LogP contribution in [0.5, 0.6) is 0 Å². The van der Waals surface area contributed by atoms with Gasteiger partial charge in [-0.1, -0.05) is 18.9 Å². The number of benzene rings is 1. The maximum Gasteiger partial charge on any atom is 0.256 e. The molecule has 1 saturated carbocycles. The molecule has 1 aromatic rings. The summed E-state index contributed by atoms with van der Waals surface area (Å²) in [5, 5.41) is 0. The maximum absolute atomic E-state index is 12.8. The molecule has 3 heteroatoms. The predicted molar refractivity (Wildman–Crippen MR) is 81.6 cm³/mol. The third-order valence-electron chi connectivity index (χ3n) is 4.94. The average molecular weight is 272 g/mol. The number of nitrogens with two attached hydrogens (primary N) is 1. The van der Waals surface area contributed by atoms with Crippen molar-refractivity contribution in [2.24, 2.45) is 5.92 Å². The molecule has 0 spiro atoms. The molecule has 2 N–H and O–H groups in total. The van der Waals surface area contributed by atoms with Crippen molar-refractivity contribution in [3.05, 3.63) is 29.3 Å². The van der Waals surface area contributed by atoms with Gasteiger partial charge in [0.25, 0.3) is 5.91 Å². The Kier molecular flexibility index (Phi) is 3.68. The lowest BCUT2D eigenvalue weighted by Gasteiger charge is -2.44. The van der Waals surface area contributed by atoms with Gasteiger partial charge in [0.2, 0.25) is 0 Å². The van der Waals surface area contributed by atoms with Crippen molar-refractivity contribution in [1.29, 1.82) is 0 Å². The average Bonchev–Trinajstić information content (AvgIpc) is 2.46. The molecule has 0 unspecified atom stereocenters. The minimum absolute atomic E-state index is 0.138. The van der Waals surface area contributed by atoms with Crippen LogP contribution in [-0.4, -0.2) is 23.4 Å². The van der Waals surface area contributed by atoms with Crippen molar-refractivity contribution >= 4 is 11.6 Å². The Bertz CT molecular complexity index is 510. The molecule has 1 saturated heterocycles. The first-order valence-corrected chi connectivity index (χ1v) is 7.84. The topological polar surface area (TPSA) is 46.3 Å². The lowest BCUT2D eigenvalue weighted by atomic mass is 9.78. The van der Waals surface area contributed by atoms with Gasteiger partial charge < -0.3 is 10.6 Å². The van der Waals surface area contributed by atoms with Crippen LogP contribution in [0.4, 0.5) is 5.69 Å². The molecule has 1 aromatic carbocycles. The van der Waals surface area contributed by atoms with Gasteiger partial charge in [0.15, 0.2) is 0 Å². The van der Waals surface area contributed by atoms with E-state index in [2.05, 4.69) is 4.90 Å². The molecule has 1 aliphatic heterocycles. The first kappa shape index (κ1) is 13.5. The van der Waals surface area contributed by atoms with Crippen molar-refractivity contribution in [1.82, 2.24) is 4.90 Å². The summed E-state index contributed by atoms with van der Waals surface area (Å²) in [6, 6.07) is 6.21. The zero-order valence-corrected chi connectivity index (χ0v) is 12.3. The van der Waals surface area contributed by atoms with Crippen LogP contribution in [0.3, 0.4) is 0 Å². The fraction of sp³-hybridized carbons (Fsp3) is 0.588. The Morgan fingerprint density at radius 2 is 1.95 bits per heavy atom. The Hall–Kier alpha value is -1.51. The van der Waals surface area contributed by atoms with E-state index in [0.717, 1.165) is 18.5 Å². The minimum Gasteiger partial charge on any atom is -0.398 e. The summed E-state index contributed by atoms with van der Waals surface area (Å²) < 4.78 is 0. The second-order valence-electron chi connectivity index (χ2n) is 6.34. The van der Waals surface area contributed by atoms with Crippen molar-refractivity contribution in [3.8, 4) is 0 Å². The summed E-state index contributed by atoms with van der Waals surface area (Å²) in [6.45, 7) is 2.90. The van der Waals surface area contributed by atoms with E-state index < -0.39 is 0 Å². The van der Waals surface area contributed by atoms with E-state index in [0.29, 0.717) is 23.2 Å². The number of carbonyl (C=O) groups excluding carboxylic acids is 1. The van der Waals surface area contributed by atoms with Gasteiger partial charge in [-0.3, -0.25) is 4.79 Å². The highest BCUT2D eigenvalue weighted by Gasteiger charge is 2.36. The fourth-order valence-electron chi connectivity index (χ4n) is 3.91. The van der Waals surface area contributed by atoms with Crippen LogP contribution in [0.25, 0.3) is 0 Å². The molecule has 3 rings (SSSR count). The number of rotatable bonds is 1. The summed E-state index contributed by atoms with van der Waals surface area (Å²) in [7, 11) is 0. The zero-order chi connectivity index (χ0) is 14.1. The summed E-state index contributed by atoms with van der Waals surface area (Å²) in [6.07, 6.45) is 7.47. The highest BCUT2D eigenvalue weighted by atomic mass is 16.2. The number of anilines is 1. The van der Waals surface area contributed by atoms with E-state index in [4.69, 9.17) is 5.73 Å². The largest absolute Gasteiger partial charge is 0.398 e. The van der Waals surface area contributed by atoms with E-state index in [-0.39, 0.29) is 5.91 Å². The number of amides is 1. The third-order valence-corrected chi connectivity index (χ3v) is 4.94. The molecule has 3 nitrogen and oxygen atoms in total. The Labute approximate surface area is 121 Å². The monoisotopic (exact) mass is 272 g/mol. The summed E-state index contributed by atoms with van der Waals surface area (Å²) in [5.74, 6) is 0.854. The number of hydrogen-bond acceptors (Lipinski definition) is 2. The van der Waals surface area contributed by atoms with Crippen molar-refractivity contribution in [2.75, 3.05) is 12.3 Å². The Balaban J connectivity index is 1.85. The fourth-order valence-corrected chi connectivity index (χ4v) is 3.91. The van der Waals surface area contributed by atoms with Crippen LogP contribution in [-0.2, 0) is 0 Å². The molecule has 108 valence electrons. The molecular formula is C17H24N2O. The van der Waals surface area contributed by atoms with Gasteiger partial charge >= 0.3 is 0 Å². The molecule has 0 radical (unpaired) electrons. The predicted octanol–water partition coefficient (Wildman–Crippen LogP) is 3.37. The van der Waals surface area contributed by atoms with Gasteiger partial charge in [0, 0.05) is 18.3 Å². The van der Waals surface area contributed by atoms with Crippen LogP contribution in [0.1, 0.15) is 54.4 Å². The summed E-state index contributed by atoms with van der Waals surface area (Å²) in [4.78, 5) is 14.9. The van der Waals surface area contributed by atoms with Gasteiger partial charge in [-0.05, 0) is 56.2 Å². The molecular weight excluding hydrogens is 248 g/mol. The SMILES string of the molecule is Cc1ccc(C(=O)N2CCC[C@H]3CCCC[C@H]32)c(N)c1. The highest BCUT2D eigenvalue weighted by Crippen LogP contribution is 2.36. The lowest BCUT2D eigenvalue weighted by molar-refractivity contribution is 0.0391. The zero-order valence-electron chi connectivity index (χ0n) is 12.3. The Morgan fingerprint density at radius 3 is 2.75 bits per heavy atom. The number of nitrogen functional groups attached to an aromatic ring is 1. The molecule has 0 bridgehead atoms. The van der Waals surface area contributed by atoms with Crippen molar-refractivity contribution < 1.29 is 4.79 Å². The molecule has 0 aromatic heterocycles. The molecule has 20 heavy (non-hydrogen) atoms. The van der Waals surface area contributed by atoms with Gasteiger partial charge in [-0.2, -0.15) is 0 Å². The normalized spacial score (nSPS) is 26.1. The van der Waals surface area contributed by atoms with Crippen LogP contribution >= 0.6 is 0 Å². The standard InChI is InChI=1S/C17H24N2O/c1-12-8-9-14(15(18)11-12)17(20)19-10-4-6-13-5-2-3-7-16(13)19/h8-9,11,13,16H,2-7,10,18H2,1H3/t13-,16-/m1/s1. The molecule has 1 amide bonds. The van der Waals surface area contributed by atoms with E-state index >= 15 is 0 Å². The van der Waals surface area contributed by atoms with Gasteiger partial charge in [-0.25, -0.2) is 0 Å². The number of aryl methyl sites for hydroxylation is 1. The van der Waals surface area contributed by atoms with Gasteiger partial charge in [0.05, 0.1) is 5.56 Å². The number of hydrogen-bond donors (Lipinski definition) is 1. The van der Waals surface area contributed by atoms with Crippen LogP contribution < -0.4 is 5.73 Å². The molecule has 2 fully saturated rings. The van der Waals surface area contributed by atoms with Crippen molar-refractivity contribution in [3.63, 3.8) is 0 Å². The van der Waals surface area contributed by atoms with Crippen LogP contribution in [0.15, 0.2) is 18.2 Å².